The second kappa shape index (κ2) is 5.25. The molecule has 0 radical (unpaired) electrons. The molecule has 1 aromatic heterocycles. The summed E-state index contributed by atoms with van der Waals surface area (Å²) in [5.74, 6) is -0.176. The van der Waals surface area contributed by atoms with E-state index in [0.717, 1.165) is 10.9 Å². The molecule has 0 saturated heterocycles. The van der Waals surface area contributed by atoms with Crippen LogP contribution in [0.5, 0.6) is 0 Å². The molecule has 3 aromatic rings. The molecule has 0 aliphatic rings. The number of amides is 1. The van der Waals surface area contributed by atoms with Crippen molar-refractivity contribution in [3.8, 4) is 0 Å². The van der Waals surface area contributed by atoms with E-state index in [1.807, 2.05) is 25.1 Å². The number of aryl methyl sites for hydroxylation is 1. The highest BCUT2D eigenvalue weighted by Gasteiger charge is 2.07. The van der Waals surface area contributed by atoms with Crippen molar-refractivity contribution >= 4 is 22.6 Å². The van der Waals surface area contributed by atoms with Gasteiger partial charge in [-0.25, -0.2) is 4.79 Å². The van der Waals surface area contributed by atoms with E-state index >= 15 is 0 Å². The van der Waals surface area contributed by atoms with Crippen LogP contribution in [-0.2, 0) is 0 Å². The highest BCUT2D eigenvalue weighted by Crippen LogP contribution is 2.21. The Kier molecular flexibility index (Phi) is 3.28. The van der Waals surface area contributed by atoms with Gasteiger partial charge in [0.2, 0.25) is 0 Å². The van der Waals surface area contributed by atoms with E-state index in [0.29, 0.717) is 16.8 Å². The van der Waals surface area contributed by atoms with Gasteiger partial charge in [0, 0.05) is 22.7 Å². The number of anilines is 1. The third-order valence-corrected chi connectivity index (χ3v) is 3.24. The van der Waals surface area contributed by atoms with Crippen LogP contribution in [0.1, 0.15) is 15.9 Å². The summed E-state index contributed by atoms with van der Waals surface area (Å²) < 4.78 is 5.12. The van der Waals surface area contributed by atoms with Crippen molar-refractivity contribution in [2.45, 2.75) is 6.92 Å². The lowest BCUT2D eigenvalue weighted by Gasteiger charge is -2.07. The Morgan fingerprint density at radius 1 is 1.05 bits per heavy atom. The van der Waals surface area contributed by atoms with Crippen LogP contribution in [0.15, 0.2) is 63.8 Å². The third kappa shape index (κ3) is 2.69. The lowest BCUT2D eigenvalue weighted by Crippen LogP contribution is -2.11. The number of fused-ring (bicyclic) bond motifs is 1. The monoisotopic (exact) mass is 279 g/mol. The van der Waals surface area contributed by atoms with Gasteiger partial charge in [-0.1, -0.05) is 18.2 Å². The summed E-state index contributed by atoms with van der Waals surface area (Å²) in [6.07, 6.45) is 0. The molecule has 1 heterocycles. The Morgan fingerprint density at radius 3 is 2.57 bits per heavy atom. The van der Waals surface area contributed by atoms with Gasteiger partial charge in [0.15, 0.2) is 0 Å². The maximum Gasteiger partial charge on any atom is 0.336 e. The predicted molar refractivity (Wildman–Crippen MR) is 81.6 cm³/mol. The second-order valence-corrected chi connectivity index (χ2v) is 4.78. The fraction of sp³-hybridized carbons (Fsp3) is 0.0588. The normalized spacial score (nSPS) is 10.5. The number of hydrogen-bond donors (Lipinski definition) is 1. The Bertz CT molecular complexity index is 866. The van der Waals surface area contributed by atoms with Crippen LogP contribution in [-0.4, -0.2) is 5.91 Å². The van der Waals surface area contributed by atoms with Crippen molar-refractivity contribution in [1.82, 2.24) is 0 Å². The minimum atomic E-state index is -0.374. The summed E-state index contributed by atoms with van der Waals surface area (Å²) in [5.41, 5.74) is 2.21. The van der Waals surface area contributed by atoms with Gasteiger partial charge in [0.05, 0.1) is 0 Å². The van der Waals surface area contributed by atoms with E-state index in [2.05, 4.69) is 5.32 Å². The molecule has 0 unspecified atom stereocenters. The highest BCUT2D eigenvalue weighted by atomic mass is 16.4. The van der Waals surface area contributed by atoms with Crippen molar-refractivity contribution in [3.63, 3.8) is 0 Å². The van der Waals surface area contributed by atoms with Crippen molar-refractivity contribution in [2.75, 3.05) is 5.32 Å². The molecular formula is C17H13NO3. The molecular weight excluding hydrogens is 266 g/mol. The van der Waals surface area contributed by atoms with Crippen LogP contribution < -0.4 is 10.9 Å². The predicted octanol–water partition coefficient (Wildman–Crippen LogP) is 3.35. The SMILES string of the molecule is Cc1cc(=O)oc2ccc(NC(=O)c3ccccc3)cc12. The molecule has 1 N–H and O–H groups in total. The summed E-state index contributed by atoms with van der Waals surface area (Å²) in [4.78, 5) is 23.4. The first-order chi connectivity index (χ1) is 10.1. The topological polar surface area (TPSA) is 59.3 Å². The zero-order valence-electron chi connectivity index (χ0n) is 11.4. The summed E-state index contributed by atoms with van der Waals surface area (Å²) in [7, 11) is 0. The summed E-state index contributed by atoms with van der Waals surface area (Å²) in [5, 5.41) is 3.64. The third-order valence-electron chi connectivity index (χ3n) is 3.24. The lowest BCUT2D eigenvalue weighted by atomic mass is 10.1. The van der Waals surface area contributed by atoms with Crippen molar-refractivity contribution in [3.05, 3.63) is 76.1 Å². The standard InChI is InChI=1S/C17H13NO3/c1-11-9-16(19)21-15-8-7-13(10-14(11)15)18-17(20)12-5-3-2-4-6-12/h2-10H,1H3,(H,18,20). The molecule has 21 heavy (non-hydrogen) atoms. The Morgan fingerprint density at radius 2 is 1.81 bits per heavy atom. The molecule has 104 valence electrons. The van der Waals surface area contributed by atoms with E-state index in [-0.39, 0.29) is 11.5 Å². The van der Waals surface area contributed by atoms with Crippen LogP contribution in [0.25, 0.3) is 11.0 Å². The van der Waals surface area contributed by atoms with E-state index in [9.17, 15) is 9.59 Å². The van der Waals surface area contributed by atoms with E-state index in [1.165, 1.54) is 6.07 Å². The summed E-state index contributed by atoms with van der Waals surface area (Å²) in [6.45, 7) is 1.84. The zero-order valence-corrected chi connectivity index (χ0v) is 11.4. The number of nitrogens with one attached hydrogen (secondary N) is 1. The number of carbonyl (C=O) groups is 1. The van der Waals surface area contributed by atoms with Crippen LogP contribution in [0.3, 0.4) is 0 Å². The molecule has 0 saturated carbocycles. The zero-order chi connectivity index (χ0) is 14.8. The van der Waals surface area contributed by atoms with E-state index in [4.69, 9.17) is 4.42 Å². The Hall–Kier alpha value is -2.88. The van der Waals surface area contributed by atoms with E-state index in [1.54, 1.807) is 30.3 Å². The van der Waals surface area contributed by atoms with Gasteiger partial charge in [-0.15, -0.1) is 0 Å². The first-order valence-corrected chi connectivity index (χ1v) is 6.54. The fourth-order valence-electron chi connectivity index (χ4n) is 2.19. The molecule has 3 rings (SSSR count). The van der Waals surface area contributed by atoms with Gasteiger partial charge in [0.1, 0.15) is 5.58 Å². The molecule has 1 amide bonds. The Balaban J connectivity index is 1.95. The van der Waals surface area contributed by atoms with Gasteiger partial charge in [0.25, 0.3) is 5.91 Å². The Labute approximate surface area is 121 Å². The fourth-order valence-corrected chi connectivity index (χ4v) is 2.19. The van der Waals surface area contributed by atoms with Gasteiger partial charge < -0.3 is 9.73 Å². The lowest BCUT2D eigenvalue weighted by molar-refractivity contribution is 0.102. The minimum Gasteiger partial charge on any atom is -0.423 e. The molecule has 0 aliphatic carbocycles. The van der Waals surface area contributed by atoms with Crippen LogP contribution in [0, 0.1) is 6.92 Å². The summed E-state index contributed by atoms with van der Waals surface area (Å²) >= 11 is 0. The highest BCUT2D eigenvalue weighted by molar-refractivity contribution is 6.05. The first-order valence-electron chi connectivity index (χ1n) is 6.54. The molecule has 0 aliphatic heterocycles. The van der Waals surface area contributed by atoms with Gasteiger partial charge in [-0.3, -0.25) is 4.79 Å². The number of benzene rings is 2. The number of hydrogen-bond acceptors (Lipinski definition) is 3. The number of rotatable bonds is 2. The van der Waals surface area contributed by atoms with Crippen molar-refractivity contribution < 1.29 is 9.21 Å². The quantitative estimate of drug-likeness (QED) is 0.732. The molecule has 2 aromatic carbocycles. The molecule has 0 bridgehead atoms. The average molecular weight is 279 g/mol. The minimum absolute atomic E-state index is 0.176. The van der Waals surface area contributed by atoms with E-state index < -0.39 is 0 Å². The smallest absolute Gasteiger partial charge is 0.336 e. The molecule has 0 fully saturated rings. The largest absolute Gasteiger partial charge is 0.423 e. The van der Waals surface area contributed by atoms with Gasteiger partial charge >= 0.3 is 5.63 Å². The maximum atomic E-state index is 12.1. The van der Waals surface area contributed by atoms with Crippen LogP contribution >= 0.6 is 0 Å². The molecule has 4 heteroatoms. The molecule has 4 nitrogen and oxygen atoms in total. The maximum absolute atomic E-state index is 12.1. The number of carbonyl (C=O) groups excluding carboxylic acids is 1. The van der Waals surface area contributed by atoms with Gasteiger partial charge in [-0.2, -0.15) is 0 Å². The summed E-state index contributed by atoms with van der Waals surface area (Å²) in [6, 6.07) is 15.6. The molecule has 0 spiro atoms. The van der Waals surface area contributed by atoms with Crippen LogP contribution in [0.4, 0.5) is 5.69 Å². The van der Waals surface area contributed by atoms with Crippen LogP contribution in [0.2, 0.25) is 0 Å². The molecule has 0 atom stereocenters. The van der Waals surface area contributed by atoms with Gasteiger partial charge in [-0.05, 0) is 42.8 Å². The first kappa shape index (κ1) is 13.1. The van der Waals surface area contributed by atoms with Crippen molar-refractivity contribution in [2.24, 2.45) is 0 Å². The average Bonchev–Trinajstić information content (AvgIpc) is 2.48. The van der Waals surface area contributed by atoms with Crippen molar-refractivity contribution in [1.29, 1.82) is 0 Å². The second-order valence-electron chi connectivity index (χ2n) is 4.78.